The van der Waals surface area contributed by atoms with Gasteiger partial charge in [0.1, 0.15) is 17.2 Å². The van der Waals surface area contributed by atoms with E-state index in [0.717, 1.165) is 16.7 Å². The largest absolute Gasteiger partial charge is 0.647 e. The summed E-state index contributed by atoms with van der Waals surface area (Å²) in [6, 6.07) is 20.6. The van der Waals surface area contributed by atoms with Gasteiger partial charge in [0.15, 0.2) is 0 Å². The Morgan fingerprint density at radius 2 is 0.759 bits per heavy atom. The van der Waals surface area contributed by atoms with Crippen LogP contribution in [0.25, 0.3) is 0 Å². The first-order valence-corrected chi connectivity index (χ1v) is 11.7. The minimum Gasteiger partial charge on any atom is -0.386 e. The predicted molar refractivity (Wildman–Crippen MR) is 117 cm³/mol. The normalized spacial score (nSPS) is 11.1. The van der Waals surface area contributed by atoms with E-state index < -0.39 is 7.82 Å². The lowest BCUT2D eigenvalue weighted by Gasteiger charge is -2.19. The smallest absolute Gasteiger partial charge is 0.386 e. The van der Waals surface area contributed by atoms with Gasteiger partial charge >= 0.3 is 7.82 Å². The van der Waals surface area contributed by atoms with E-state index in [9.17, 15) is 4.57 Å². The molecule has 3 aromatic carbocycles. The highest BCUT2D eigenvalue weighted by atomic mass is 35.5. The van der Waals surface area contributed by atoms with E-state index >= 15 is 0 Å². The van der Waals surface area contributed by atoms with Crippen molar-refractivity contribution in [3.05, 3.63) is 89.5 Å². The fourth-order valence-electron chi connectivity index (χ4n) is 2.36. The quantitative estimate of drug-likeness (QED) is 0.239. The van der Waals surface area contributed by atoms with Crippen molar-refractivity contribution in [2.75, 3.05) is 0 Å². The maximum Gasteiger partial charge on any atom is 0.647 e. The Bertz CT molecular complexity index is 834. The molecule has 0 bridgehead atoms. The molecule has 8 heteroatoms. The van der Waals surface area contributed by atoms with Gasteiger partial charge in [-0.1, -0.05) is 36.4 Å². The molecule has 0 saturated carbocycles. The van der Waals surface area contributed by atoms with Gasteiger partial charge in [-0.3, -0.25) is 0 Å². The molecular formula is C21H18Cl3O4P. The van der Waals surface area contributed by atoms with Crippen molar-refractivity contribution >= 4 is 42.6 Å². The van der Waals surface area contributed by atoms with Gasteiger partial charge in [-0.2, -0.15) is 4.57 Å². The molecule has 0 aliphatic carbocycles. The zero-order valence-electron chi connectivity index (χ0n) is 15.3. The van der Waals surface area contributed by atoms with Gasteiger partial charge in [-0.15, -0.1) is 34.8 Å². The average molecular weight is 472 g/mol. The SMILES string of the molecule is O=P(Oc1ccc(CCl)cc1)(Oc1ccc(CCl)cc1)Oc1ccc(CCl)cc1. The van der Waals surface area contributed by atoms with Gasteiger partial charge < -0.3 is 13.6 Å². The number of halogens is 3. The fourth-order valence-corrected chi connectivity index (χ4v) is 4.15. The Labute approximate surface area is 184 Å². The molecule has 3 rings (SSSR count). The number of alkyl halides is 3. The van der Waals surface area contributed by atoms with Crippen molar-refractivity contribution < 1.29 is 18.1 Å². The summed E-state index contributed by atoms with van der Waals surface area (Å²) in [7, 11) is -4.05. The number of phosphoric acid groups is 1. The Hall–Kier alpha value is -1.84. The van der Waals surface area contributed by atoms with Crippen molar-refractivity contribution in [3.63, 3.8) is 0 Å². The molecule has 0 aliphatic rings. The third-order valence-corrected chi connectivity index (χ3v) is 6.11. The fraction of sp³-hybridized carbons (Fsp3) is 0.143. The molecule has 0 fully saturated rings. The summed E-state index contributed by atoms with van der Waals surface area (Å²) < 4.78 is 30.4. The number of hydrogen-bond donors (Lipinski definition) is 0. The number of hydrogen-bond acceptors (Lipinski definition) is 4. The van der Waals surface area contributed by atoms with E-state index in [-0.39, 0.29) is 0 Å². The third-order valence-electron chi connectivity index (χ3n) is 3.88. The van der Waals surface area contributed by atoms with Gasteiger partial charge in [-0.05, 0) is 53.1 Å². The predicted octanol–water partition coefficient (Wildman–Crippen LogP) is 7.55. The first kappa shape index (κ1) is 21.9. The molecule has 0 aromatic heterocycles. The number of phosphoric ester groups is 1. The van der Waals surface area contributed by atoms with Crippen molar-refractivity contribution in [2.45, 2.75) is 17.6 Å². The second kappa shape index (κ2) is 10.3. The van der Waals surface area contributed by atoms with Crippen molar-refractivity contribution in [3.8, 4) is 17.2 Å². The molecule has 0 atom stereocenters. The number of rotatable bonds is 9. The molecule has 29 heavy (non-hydrogen) atoms. The molecule has 0 N–H and O–H groups in total. The van der Waals surface area contributed by atoms with E-state index in [0.29, 0.717) is 34.9 Å². The van der Waals surface area contributed by atoms with Crippen LogP contribution in [0.3, 0.4) is 0 Å². The second-order valence-electron chi connectivity index (χ2n) is 6.05. The average Bonchev–Trinajstić information content (AvgIpc) is 2.75. The zero-order chi connectivity index (χ0) is 20.7. The lowest BCUT2D eigenvalue weighted by Crippen LogP contribution is -2.07. The lowest BCUT2D eigenvalue weighted by molar-refractivity contribution is 0.298. The third kappa shape index (κ3) is 6.32. The summed E-state index contributed by atoms with van der Waals surface area (Å²) in [4.78, 5) is 0. The highest BCUT2D eigenvalue weighted by Gasteiger charge is 2.33. The Balaban J connectivity index is 1.85. The van der Waals surface area contributed by atoms with Crippen LogP contribution in [-0.2, 0) is 22.2 Å². The zero-order valence-corrected chi connectivity index (χ0v) is 18.4. The van der Waals surface area contributed by atoms with Gasteiger partial charge in [0, 0.05) is 17.6 Å². The van der Waals surface area contributed by atoms with Gasteiger partial charge in [-0.25, -0.2) is 0 Å². The molecule has 3 aromatic rings. The maximum absolute atomic E-state index is 13.4. The van der Waals surface area contributed by atoms with Crippen molar-refractivity contribution in [2.24, 2.45) is 0 Å². The molecule has 152 valence electrons. The summed E-state index contributed by atoms with van der Waals surface area (Å²) in [6.07, 6.45) is 0. The molecule has 0 spiro atoms. The first-order chi connectivity index (χ1) is 14.0. The van der Waals surface area contributed by atoms with Crippen LogP contribution in [0.5, 0.6) is 17.2 Å². The second-order valence-corrected chi connectivity index (χ2v) is 8.30. The lowest BCUT2D eigenvalue weighted by atomic mass is 10.2. The Morgan fingerprint density at radius 3 is 0.966 bits per heavy atom. The summed E-state index contributed by atoms with van der Waals surface area (Å²) in [5, 5.41) is 0. The number of benzene rings is 3. The monoisotopic (exact) mass is 470 g/mol. The highest BCUT2D eigenvalue weighted by molar-refractivity contribution is 7.49. The van der Waals surface area contributed by atoms with E-state index in [4.69, 9.17) is 48.4 Å². The van der Waals surface area contributed by atoms with Crippen LogP contribution in [-0.4, -0.2) is 0 Å². The minimum absolute atomic E-state index is 0.331. The van der Waals surface area contributed by atoms with Crippen LogP contribution in [0, 0.1) is 0 Å². The van der Waals surface area contributed by atoms with E-state index in [1.807, 2.05) is 0 Å². The van der Waals surface area contributed by atoms with Crippen molar-refractivity contribution in [1.29, 1.82) is 0 Å². The standard InChI is InChI=1S/C21H18Cl3O4P/c22-13-16-1-7-19(8-2-16)26-29(25,27-20-9-3-17(14-23)4-10-20)28-21-11-5-18(15-24)6-12-21/h1-12H,13-15H2. The van der Waals surface area contributed by atoms with Crippen LogP contribution in [0.2, 0.25) is 0 Å². The van der Waals surface area contributed by atoms with E-state index in [1.54, 1.807) is 72.8 Å². The van der Waals surface area contributed by atoms with Crippen LogP contribution in [0.4, 0.5) is 0 Å². The van der Waals surface area contributed by atoms with Crippen LogP contribution < -0.4 is 13.6 Å². The molecule has 0 saturated heterocycles. The van der Waals surface area contributed by atoms with Gasteiger partial charge in [0.2, 0.25) is 0 Å². The van der Waals surface area contributed by atoms with Gasteiger partial charge in [0.05, 0.1) is 0 Å². The molecule has 4 nitrogen and oxygen atoms in total. The van der Waals surface area contributed by atoms with Crippen LogP contribution in [0.1, 0.15) is 16.7 Å². The molecule has 0 radical (unpaired) electrons. The summed E-state index contributed by atoms with van der Waals surface area (Å²) >= 11 is 17.4. The first-order valence-electron chi connectivity index (χ1n) is 8.67. The molecule has 0 amide bonds. The van der Waals surface area contributed by atoms with E-state index in [2.05, 4.69) is 0 Å². The summed E-state index contributed by atoms with van der Waals surface area (Å²) in [5.74, 6) is 2.09. The highest BCUT2D eigenvalue weighted by Crippen LogP contribution is 2.49. The molecule has 0 unspecified atom stereocenters. The van der Waals surface area contributed by atoms with Crippen LogP contribution >= 0.6 is 42.6 Å². The molecule has 0 aliphatic heterocycles. The topological polar surface area (TPSA) is 44.8 Å². The maximum atomic E-state index is 13.4. The Kier molecular flexibility index (Phi) is 7.74. The van der Waals surface area contributed by atoms with E-state index in [1.165, 1.54) is 0 Å². The molecular weight excluding hydrogens is 454 g/mol. The van der Waals surface area contributed by atoms with Gasteiger partial charge in [0.25, 0.3) is 0 Å². The van der Waals surface area contributed by atoms with Crippen molar-refractivity contribution in [1.82, 2.24) is 0 Å². The summed E-state index contributed by atoms with van der Waals surface area (Å²) in [6.45, 7) is 0. The van der Waals surface area contributed by atoms with Crippen LogP contribution in [0.15, 0.2) is 72.8 Å². The minimum atomic E-state index is -4.05. The Morgan fingerprint density at radius 1 is 0.517 bits per heavy atom. The molecule has 0 heterocycles. The summed E-state index contributed by atoms with van der Waals surface area (Å²) in [5.41, 5.74) is 2.72.